The van der Waals surface area contributed by atoms with E-state index in [1.165, 1.54) is 18.2 Å². The smallest absolute Gasteiger partial charge is 0.191 e. The third-order valence-electron chi connectivity index (χ3n) is 2.96. The van der Waals surface area contributed by atoms with Gasteiger partial charge in [0, 0.05) is 24.7 Å². The van der Waals surface area contributed by atoms with Crippen molar-refractivity contribution in [2.75, 3.05) is 13.1 Å². The Morgan fingerprint density at radius 2 is 2.00 bits per heavy atom. The molecule has 0 aromatic heterocycles. The number of aliphatic imine (C=N–C) groups is 1. The van der Waals surface area contributed by atoms with E-state index in [1.54, 1.807) is 0 Å². The summed E-state index contributed by atoms with van der Waals surface area (Å²) in [5.74, 6) is -0.285. The lowest BCUT2D eigenvalue weighted by atomic mass is 10.1. The molecular weight excluding hydrogens is 248 g/mol. The Labute approximate surface area is 112 Å². The minimum Gasteiger partial charge on any atom is -0.357 e. The van der Waals surface area contributed by atoms with Gasteiger partial charge >= 0.3 is 0 Å². The lowest BCUT2D eigenvalue weighted by Crippen LogP contribution is -2.38. The molecule has 104 valence electrons. The Hall–Kier alpha value is -1.65. The fourth-order valence-corrected chi connectivity index (χ4v) is 1.79. The van der Waals surface area contributed by atoms with Gasteiger partial charge in [0.2, 0.25) is 0 Å². The molecule has 0 spiro atoms. The number of benzene rings is 1. The topological polar surface area (TPSA) is 36.4 Å². The first-order valence-corrected chi connectivity index (χ1v) is 6.68. The van der Waals surface area contributed by atoms with Crippen molar-refractivity contribution in [2.45, 2.75) is 32.2 Å². The van der Waals surface area contributed by atoms with Gasteiger partial charge in [-0.15, -0.1) is 0 Å². The first-order valence-electron chi connectivity index (χ1n) is 6.68. The van der Waals surface area contributed by atoms with Crippen LogP contribution in [0.5, 0.6) is 0 Å². The molecule has 1 aliphatic rings. The summed E-state index contributed by atoms with van der Waals surface area (Å²) in [5, 5.41) is 6.38. The zero-order valence-corrected chi connectivity index (χ0v) is 11.0. The van der Waals surface area contributed by atoms with Gasteiger partial charge in [0.05, 0.1) is 0 Å². The van der Waals surface area contributed by atoms with Crippen LogP contribution in [0.1, 0.15) is 25.3 Å². The molecule has 0 aliphatic heterocycles. The van der Waals surface area contributed by atoms with Gasteiger partial charge in [-0.2, -0.15) is 0 Å². The molecule has 1 aliphatic carbocycles. The SMILES string of the molecule is CCNC(=NCCc1c(F)cccc1F)NC1CC1. The number of nitrogens with zero attached hydrogens (tertiary/aromatic N) is 1. The molecule has 0 amide bonds. The molecule has 19 heavy (non-hydrogen) atoms. The number of rotatable bonds is 5. The van der Waals surface area contributed by atoms with Crippen LogP contribution in [0.25, 0.3) is 0 Å². The first kappa shape index (κ1) is 13.8. The van der Waals surface area contributed by atoms with Gasteiger partial charge in [0.25, 0.3) is 0 Å². The Kier molecular flexibility index (Phi) is 4.71. The summed E-state index contributed by atoms with van der Waals surface area (Å²) in [6.07, 6.45) is 2.58. The Balaban J connectivity index is 1.92. The molecule has 0 unspecified atom stereocenters. The van der Waals surface area contributed by atoms with Crippen LogP contribution in [0.15, 0.2) is 23.2 Å². The molecule has 3 nitrogen and oxygen atoms in total. The van der Waals surface area contributed by atoms with Crippen molar-refractivity contribution < 1.29 is 8.78 Å². The summed E-state index contributed by atoms with van der Waals surface area (Å²) < 4.78 is 26.8. The second kappa shape index (κ2) is 6.50. The number of nitrogens with one attached hydrogen (secondary N) is 2. The van der Waals surface area contributed by atoms with E-state index in [-0.39, 0.29) is 12.0 Å². The number of hydrogen-bond acceptors (Lipinski definition) is 1. The fourth-order valence-electron chi connectivity index (χ4n) is 1.79. The summed E-state index contributed by atoms with van der Waals surface area (Å²) in [7, 11) is 0. The van der Waals surface area contributed by atoms with Crippen molar-refractivity contribution in [1.29, 1.82) is 0 Å². The van der Waals surface area contributed by atoms with Crippen LogP contribution in [0.2, 0.25) is 0 Å². The molecular formula is C14H19F2N3. The monoisotopic (exact) mass is 267 g/mol. The predicted molar refractivity (Wildman–Crippen MR) is 72.2 cm³/mol. The highest BCUT2D eigenvalue weighted by Crippen LogP contribution is 2.18. The predicted octanol–water partition coefficient (Wildman–Crippen LogP) is 2.22. The second-order valence-corrected chi connectivity index (χ2v) is 4.63. The normalized spacial score (nSPS) is 15.4. The van der Waals surface area contributed by atoms with E-state index in [9.17, 15) is 8.78 Å². The van der Waals surface area contributed by atoms with E-state index < -0.39 is 11.6 Å². The molecule has 0 atom stereocenters. The first-order chi connectivity index (χ1) is 9.20. The van der Waals surface area contributed by atoms with Gasteiger partial charge in [-0.1, -0.05) is 6.07 Å². The lowest BCUT2D eigenvalue weighted by molar-refractivity contribution is 0.555. The van der Waals surface area contributed by atoms with Gasteiger partial charge in [-0.3, -0.25) is 4.99 Å². The van der Waals surface area contributed by atoms with Crippen LogP contribution in [-0.4, -0.2) is 25.1 Å². The van der Waals surface area contributed by atoms with Gasteiger partial charge in [-0.05, 0) is 38.3 Å². The maximum Gasteiger partial charge on any atom is 0.191 e. The van der Waals surface area contributed by atoms with Crippen LogP contribution in [0.3, 0.4) is 0 Å². The maximum atomic E-state index is 13.4. The van der Waals surface area contributed by atoms with Gasteiger partial charge in [-0.25, -0.2) is 8.78 Å². The summed E-state index contributed by atoms with van der Waals surface area (Å²) >= 11 is 0. The molecule has 0 saturated heterocycles. The third kappa shape index (κ3) is 4.19. The Morgan fingerprint density at radius 3 is 2.58 bits per heavy atom. The number of hydrogen-bond donors (Lipinski definition) is 2. The minimum absolute atomic E-state index is 0.105. The molecule has 2 N–H and O–H groups in total. The average molecular weight is 267 g/mol. The standard InChI is InChI=1S/C14H19F2N3/c1-2-17-14(19-10-6-7-10)18-9-8-11-12(15)4-3-5-13(11)16/h3-5,10H,2,6-9H2,1H3,(H2,17,18,19). The number of guanidine groups is 1. The van der Waals surface area contributed by atoms with Crippen LogP contribution in [0.4, 0.5) is 8.78 Å². The van der Waals surface area contributed by atoms with E-state index in [2.05, 4.69) is 15.6 Å². The largest absolute Gasteiger partial charge is 0.357 e. The summed E-state index contributed by atoms with van der Waals surface area (Å²) in [5.41, 5.74) is 0.105. The van der Waals surface area contributed by atoms with Crippen molar-refractivity contribution in [3.8, 4) is 0 Å². The van der Waals surface area contributed by atoms with Gasteiger partial charge < -0.3 is 10.6 Å². The molecule has 1 aromatic carbocycles. The molecule has 5 heteroatoms. The summed E-state index contributed by atoms with van der Waals surface area (Å²) in [6.45, 7) is 3.12. The van der Waals surface area contributed by atoms with E-state index in [0.29, 0.717) is 12.6 Å². The average Bonchev–Trinajstić information content (AvgIpc) is 3.17. The highest BCUT2D eigenvalue weighted by molar-refractivity contribution is 5.80. The lowest BCUT2D eigenvalue weighted by Gasteiger charge is -2.10. The zero-order chi connectivity index (χ0) is 13.7. The van der Waals surface area contributed by atoms with Crippen molar-refractivity contribution in [3.05, 3.63) is 35.4 Å². The minimum atomic E-state index is -0.504. The van der Waals surface area contributed by atoms with E-state index >= 15 is 0 Å². The van der Waals surface area contributed by atoms with Gasteiger partial charge in [0.1, 0.15) is 11.6 Å². The quantitative estimate of drug-likeness (QED) is 0.634. The highest BCUT2D eigenvalue weighted by atomic mass is 19.1. The second-order valence-electron chi connectivity index (χ2n) is 4.63. The maximum absolute atomic E-state index is 13.4. The van der Waals surface area contributed by atoms with Crippen molar-refractivity contribution in [1.82, 2.24) is 10.6 Å². The van der Waals surface area contributed by atoms with E-state index in [1.807, 2.05) is 6.92 Å². The highest BCUT2D eigenvalue weighted by Gasteiger charge is 2.22. The summed E-state index contributed by atoms with van der Waals surface area (Å²) in [6, 6.07) is 4.42. The van der Waals surface area contributed by atoms with E-state index in [0.717, 1.165) is 25.3 Å². The van der Waals surface area contributed by atoms with Crippen LogP contribution in [-0.2, 0) is 6.42 Å². The van der Waals surface area contributed by atoms with Crippen molar-refractivity contribution in [2.24, 2.45) is 4.99 Å². The molecule has 0 bridgehead atoms. The Morgan fingerprint density at radius 1 is 1.32 bits per heavy atom. The molecule has 1 fully saturated rings. The van der Waals surface area contributed by atoms with Gasteiger partial charge in [0.15, 0.2) is 5.96 Å². The Bertz CT molecular complexity index is 436. The molecule has 2 rings (SSSR count). The fraction of sp³-hybridized carbons (Fsp3) is 0.500. The molecule has 0 heterocycles. The molecule has 1 saturated carbocycles. The van der Waals surface area contributed by atoms with Crippen LogP contribution >= 0.6 is 0 Å². The van der Waals surface area contributed by atoms with E-state index in [4.69, 9.17) is 0 Å². The zero-order valence-electron chi connectivity index (χ0n) is 11.0. The van der Waals surface area contributed by atoms with Crippen LogP contribution < -0.4 is 10.6 Å². The number of halogens is 2. The summed E-state index contributed by atoms with van der Waals surface area (Å²) in [4.78, 5) is 4.33. The molecule has 0 radical (unpaired) electrons. The third-order valence-corrected chi connectivity index (χ3v) is 2.96. The van der Waals surface area contributed by atoms with Crippen molar-refractivity contribution >= 4 is 5.96 Å². The van der Waals surface area contributed by atoms with Crippen molar-refractivity contribution in [3.63, 3.8) is 0 Å². The molecule has 1 aromatic rings. The van der Waals surface area contributed by atoms with Crippen LogP contribution in [0, 0.1) is 11.6 Å².